The highest BCUT2D eigenvalue weighted by Gasteiger charge is 2.13. The molecule has 0 aromatic carbocycles. The Kier molecular flexibility index (Phi) is 4.70. The molecule has 11 heavy (non-hydrogen) atoms. The van der Waals surface area contributed by atoms with E-state index in [1.165, 1.54) is 7.11 Å². The second-order valence-corrected chi connectivity index (χ2v) is 2.31. The first kappa shape index (κ1) is 10.3. The summed E-state index contributed by atoms with van der Waals surface area (Å²) in [7, 11) is 2.95. The van der Waals surface area contributed by atoms with Gasteiger partial charge in [0.1, 0.15) is 0 Å². The molecular formula is C8H15O3. The Hall–Kier alpha value is -0.700. The van der Waals surface area contributed by atoms with E-state index in [0.717, 1.165) is 6.42 Å². The number of rotatable bonds is 4. The zero-order chi connectivity index (χ0) is 8.85. The smallest absolute Gasteiger partial charge is 0.331 e. The summed E-state index contributed by atoms with van der Waals surface area (Å²) < 4.78 is 9.59. The van der Waals surface area contributed by atoms with Crippen molar-refractivity contribution >= 4 is 0 Å². The van der Waals surface area contributed by atoms with Gasteiger partial charge in [-0.05, 0) is 13.3 Å². The molecule has 0 aromatic heterocycles. The molecule has 0 unspecified atom stereocenters. The van der Waals surface area contributed by atoms with Gasteiger partial charge in [0.25, 0.3) is 0 Å². The van der Waals surface area contributed by atoms with Crippen LogP contribution >= 0.6 is 0 Å². The van der Waals surface area contributed by atoms with Gasteiger partial charge in [-0.15, -0.1) is 0 Å². The van der Waals surface area contributed by atoms with E-state index in [1.807, 2.05) is 6.92 Å². The predicted octanol–water partition coefficient (Wildman–Crippen LogP) is 1.72. The van der Waals surface area contributed by atoms with Crippen molar-refractivity contribution in [2.75, 3.05) is 14.2 Å². The fourth-order valence-electron chi connectivity index (χ4n) is 0.942. The molecule has 3 heteroatoms. The van der Waals surface area contributed by atoms with Crippen molar-refractivity contribution in [2.24, 2.45) is 0 Å². The predicted molar refractivity (Wildman–Crippen MR) is 41.5 cm³/mol. The summed E-state index contributed by atoms with van der Waals surface area (Å²) in [4.78, 5) is 0. The molecule has 0 saturated heterocycles. The average Bonchev–Trinajstić information content (AvgIpc) is 2.05. The highest BCUT2D eigenvalue weighted by Crippen LogP contribution is 2.12. The summed E-state index contributed by atoms with van der Waals surface area (Å²) in [5.74, 6) is -0.293. The summed E-state index contributed by atoms with van der Waals surface area (Å²) in [6.45, 7) is 3.68. The Labute approximate surface area is 67.6 Å². The third kappa shape index (κ3) is 2.80. The lowest BCUT2D eigenvalue weighted by Gasteiger charge is -2.12. The lowest BCUT2D eigenvalue weighted by atomic mass is 10.1. The van der Waals surface area contributed by atoms with Crippen LogP contribution in [0.4, 0.5) is 0 Å². The third-order valence-electron chi connectivity index (χ3n) is 1.65. The van der Waals surface area contributed by atoms with E-state index < -0.39 is 0 Å². The van der Waals surface area contributed by atoms with E-state index in [-0.39, 0.29) is 12.0 Å². The molecule has 0 heterocycles. The Bertz CT molecular complexity index is 136. The highest BCUT2D eigenvalue weighted by molar-refractivity contribution is 5.04. The maximum Gasteiger partial charge on any atom is 0.331 e. The molecule has 0 saturated carbocycles. The maximum atomic E-state index is 10.9. The summed E-state index contributed by atoms with van der Waals surface area (Å²) in [5.41, 5.74) is 0.623. The van der Waals surface area contributed by atoms with E-state index in [4.69, 9.17) is 4.74 Å². The first-order valence-electron chi connectivity index (χ1n) is 3.61. The third-order valence-corrected chi connectivity index (χ3v) is 1.65. The molecule has 0 fully saturated rings. The van der Waals surface area contributed by atoms with E-state index >= 15 is 0 Å². The fraction of sp³-hybridized carbons (Fsp3) is 0.750. The molecule has 0 rings (SSSR count). The van der Waals surface area contributed by atoms with Crippen LogP contribution in [0.2, 0.25) is 0 Å². The number of hydrogen-bond donors (Lipinski definition) is 0. The van der Waals surface area contributed by atoms with E-state index in [0.29, 0.717) is 5.57 Å². The maximum absolute atomic E-state index is 10.9. The molecule has 1 radical (unpaired) electrons. The van der Waals surface area contributed by atoms with Gasteiger partial charge in [0.05, 0.1) is 13.2 Å². The first-order chi connectivity index (χ1) is 5.17. The van der Waals surface area contributed by atoms with Crippen molar-refractivity contribution in [3.05, 3.63) is 11.5 Å². The van der Waals surface area contributed by atoms with Crippen molar-refractivity contribution in [2.45, 2.75) is 26.4 Å². The lowest BCUT2D eigenvalue weighted by Crippen LogP contribution is -2.12. The molecule has 3 nitrogen and oxygen atoms in total. The van der Waals surface area contributed by atoms with Gasteiger partial charge in [-0.25, -0.2) is 5.11 Å². The molecule has 0 spiro atoms. The SMILES string of the molecule is CC[C@@H](OC)C(C)=C([O])OC. The molecule has 0 bridgehead atoms. The van der Waals surface area contributed by atoms with Crippen LogP contribution in [0.5, 0.6) is 0 Å². The average molecular weight is 159 g/mol. The van der Waals surface area contributed by atoms with Crippen LogP contribution in [0.15, 0.2) is 11.5 Å². The Morgan fingerprint density at radius 2 is 2.00 bits per heavy atom. The summed E-state index contributed by atoms with van der Waals surface area (Å²) >= 11 is 0. The van der Waals surface area contributed by atoms with Crippen molar-refractivity contribution in [1.29, 1.82) is 0 Å². The van der Waals surface area contributed by atoms with Crippen LogP contribution in [-0.2, 0) is 14.6 Å². The minimum atomic E-state index is -0.293. The Morgan fingerprint density at radius 3 is 2.27 bits per heavy atom. The fourth-order valence-corrected chi connectivity index (χ4v) is 0.942. The van der Waals surface area contributed by atoms with Gasteiger partial charge in [0.15, 0.2) is 0 Å². The van der Waals surface area contributed by atoms with Crippen LogP contribution < -0.4 is 0 Å². The monoisotopic (exact) mass is 159 g/mol. The van der Waals surface area contributed by atoms with Gasteiger partial charge >= 0.3 is 5.95 Å². The standard InChI is InChI=1S/C8H15O3/c1-5-7(10-3)6(2)8(9)11-4/h7H,5H2,1-4H3/t7-/m1/s1. The molecule has 0 aromatic rings. The topological polar surface area (TPSA) is 38.4 Å². The van der Waals surface area contributed by atoms with E-state index in [2.05, 4.69) is 4.74 Å². The molecule has 0 aliphatic heterocycles. The summed E-state index contributed by atoms with van der Waals surface area (Å²) in [6.07, 6.45) is 0.680. The molecular weight excluding hydrogens is 144 g/mol. The number of hydrogen-bond acceptors (Lipinski definition) is 2. The Balaban J connectivity index is 4.28. The van der Waals surface area contributed by atoms with Crippen LogP contribution in [0.1, 0.15) is 20.3 Å². The zero-order valence-electron chi connectivity index (χ0n) is 7.51. The van der Waals surface area contributed by atoms with Crippen molar-refractivity contribution in [3.63, 3.8) is 0 Å². The lowest BCUT2D eigenvalue weighted by molar-refractivity contribution is 0.0603. The van der Waals surface area contributed by atoms with Crippen LogP contribution in [0, 0.1) is 0 Å². The zero-order valence-corrected chi connectivity index (χ0v) is 7.51. The summed E-state index contributed by atoms with van der Waals surface area (Å²) in [5, 5.41) is 10.9. The van der Waals surface area contributed by atoms with Crippen molar-refractivity contribution < 1.29 is 14.6 Å². The van der Waals surface area contributed by atoms with E-state index in [1.54, 1.807) is 14.0 Å². The molecule has 65 valence electrons. The van der Waals surface area contributed by atoms with Crippen LogP contribution in [0.3, 0.4) is 0 Å². The van der Waals surface area contributed by atoms with Crippen molar-refractivity contribution in [1.82, 2.24) is 0 Å². The minimum Gasteiger partial charge on any atom is -0.466 e. The van der Waals surface area contributed by atoms with Crippen LogP contribution in [-0.4, -0.2) is 20.3 Å². The second-order valence-electron chi connectivity index (χ2n) is 2.31. The van der Waals surface area contributed by atoms with Gasteiger partial charge in [-0.2, -0.15) is 0 Å². The number of ether oxygens (including phenoxy) is 2. The molecule has 0 aliphatic rings. The van der Waals surface area contributed by atoms with Crippen molar-refractivity contribution in [3.8, 4) is 0 Å². The van der Waals surface area contributed by atoms with Crippen LogP contribution in [0.25, 0.3) is 0 Å². The highest BCUT2D eigenvalue weighted by atomic mass is 16.6. The Morgan fingerprint density at radius 1 is 1.45 bits per heavy atom. The molecule has 1 atom stereocenters. The van der Waals surface area contributed by atoms with Gasteiger partial charge in [-0.3, -0.25) is 0 Å². The normalized spacial score (nSPS) is 15.6. The van der Waals surface area contributed by atoms with E-state index in [9.17, 15) is 5.11 Å². The van der Waals surface area contributed by atoms with Gasteiger partial charge in [0, 0.05) is 12.7 Å². The van der Waals surface area contributed by atoms with Gasteiger partial charge < -0.3 is 9.47 Å². The largest absolute Gasteiger partial charge is 0.466 e. The minimum absolute atomic E-state index is 0.109. The molecule has 0 aliphatic carbocycles. The molecule has 0 amide bonds. The number of methoxy groups -OCH3 is 2. The van der Waals surface area contributed by atoms with Gasteiger partial charge in [0.2, 0.25) is 0 Å². The van der Waals surface area contributed by atoms with Gasteiger partial charge in [-0.1, -0.05) is 6.92 Å². The summed E-state index contributed by atoms with van der Waals surface area (Å²) in [6, 6.07) is 0. The first-order valence-corrected chi connectivity index (χ1v) is 3.61. The molecule has 0 N–H and O–H groups in total. The second kappa shape index (κ2) is 5.02. The quantitative estimate of drug-likeness (QED) is 0.586.